The molecule has 1 unspecified atom stereocenters. The summed E-state index contributed by atoms with van der Waals surface area (Å²) in [5.41, 5.74) is 0.802. The van der Waals surface area contributed by atoms with Crippen molar-refractivity contribution in [2.75, 3.05) is 20.1 Å². The number of nitrogens with one attached hydrogen (secondary N) is 1. The minimum Gasteiger partial charge on any atom is -0.387 e. The molecular formula is C16H18N2O3S. The number of carbonyl (C=O) groups excluding carboxylic acids is 2. The zero-order chi connectivity index (χ0) is 16.1. The van der Waals surface area contributed by atoms with E-state index in [1.807, 2.05) is 29.6 Å². The number of hydrogen-bond donors (Lipinski definition) is 2. The molecule has 0 aliphatic rings. The van der Waals surface area contributed by atoms with E-state index in [2.05, 4.69) is 11.9 Å². The Kier molecular flexibility index (Phi) is 5.30. The van der Waals surface area contributed by atoms with Crippen LogP contribution in [0.4, 0.5) is 0 Å². The molecule has 1 aromatic carbocycles. The number of benzene rings is 1. The van der Waals surface area contributed by atoms with Crippen LogP contribution in [0.1, 0.15) is 11.7 Å². The Morgan fingerprint density at radius 1 is 1.45 bits per heavy atom. The first kappa shape index (κ1) is 16.2. The lowest BCUT2D eigenvalue weighted by Crippen LogP contribution is -2.39. The number of nitrogens with zero attached hydrogens (tertiary/aromatic N) is 1. The van der Waals surface area contributed by atoms with E-state index in [9.17, 15) is 14.7 Å². The van der Waals surface area contributed by atoms with Crippen molar-refractivity contribution in [1.29, 1.82) is 0 Å². The van der Waals surface area contributed by atoms with Gasteiger partial charge in [-0.2, -0.15) is 0 Å². The van der Waals surface area contributed by atoms with Crippen LogP contribution >= 0.6 is 11.3 Å². The maximum absolute atomic E-state index is 11.8. The van der Waals surface area contributed by atoms with Gasteiger partial charge in [0.05, 0.1) is 12.6 Å². The Balaban J connectivity index is 1.92. The zero-order valence-corrected chi connectivity index (χ0v) is 13.1. The molecule has 0 fully saturated rings. The number of rotatable bonds is 6. The van der Waals surface area contributed by atoms with Crippen molar-refractivity contribution in [2.45, 2.75) is 6.10 Å². The number of aliphatic hydroxyl groups excluding tert-OH is 1. The highest BCUT2D eigenvalue weighted by molar-refractivity contribution is 7.17. The normalized spacial score (nSPS) is 11.9. The molecule has 0 saturated carbocycles. The molecule has 116 valence electrons. The summed E-state index contributed by atoms with van der Waals surface area (Å²) in [6.45, 7) is 3.40. The van der Waals surface area contributed by atoms with Crippen molar-refractivity contribution < 1.29 is 14.7 Å². The molecule has 2 amide bonds. The van der Waals surface area contributed by atoms with Gasteiger partial charge in [0.25, 0.3) is 0 Å². The molecule has 1 heterocycles. The van der Waals surface area contributed by atoms with Gasteiger partial charge in [0, 0.05) is 23.9 Å². The van der Waals surface area contributed by atoms with Crippen molar-refractivity contribution in [1.82, 2.24) is 10.2 Å². The minimum absolute atomic E-state index is 0.0675. The Labute approximate surface area is 132 Å². The third-order valence-corrected chi connectivity index (χ3v) is 4.28. The summed E-state index contributed by atoms with van der Waals surface area (Å²) in [5.74, 6) is -0.643. The van der Waals surface area contributed by atoms with Crippen LogP contribution in [-0.4, -0.2) is 42.0 Å². The van der Waals surface area contributed by atoms with E-state index in [1.165, 1.54) is 11.9 Å². The molecule has 0 spiro atoms. The number of carbonyl (C=O) groups is 2. The van der Waals surface area contributed by atoms with Crippen molar-refractivity contribution in [2.24, 2.45) is 0 Å². The van der Waals surface area contributed by atoms with Crippen LogP contribution in [0.25, 0.3) is 10.1 Å². The molecule has 2 aromatic rings. The third kappa shape index (κ3) is 3.72. The van der Waals surface area contributed by atoms with E-state index >= 15 is 0 Å². The third-order valence-electron chi connectivity index (χ3n) is 3.29. The van der Waals surface area contributed by atoms with Gasteiger partial charge < -0.3 is 15.3 Å². The van der Waals surface area contributed by atoms with E-state index in [4.69, 9.17) is 0 Å². The molecule has 0 radical (unpaired) electrons. The monoisotopic (exact) mass is 318 g/mol. The van der Waals surface area contributed by atoms with Gasteiger partial charge in [-0.3, -0.25) is 9.59 Å². The highest BCUT2D eigenvalue weighted by atomic mass is 32.1. The molecule has 0 bridgehead atoms. The fraction of sp³-hybridized carbons (Fsp3) is 0.250. The predicted molar refractivity (Wildman–Crippen MR) is 87.6 cm³/mol. The average Bonchev–Trinajstić information content (AvgIpc) is 2.95. The van der Waals surface area contributed by atoms with Crippen LogP contribution in [0.5, 0.6) is 0 Å². The number of aliphatic hydroxyl groups is 1. The second kappa shape index (κ2) is 7.20. The number of thiophene rings is 1. The Bertz CT molecular complexity index is 696. The van der Waals surface area contributed by atoms with E-state index in [1.54, 1.807) is 11.3 Å². The van der Waals surface area contributed by atoms with Crippen LogP contribution in [0.15, 0.2) is 42.3 Å². The molecule has 0 saturated heterocycles. The second-order valence-electron chi connectivity index (χ2n) is 4.91. The topological polar surface area (TPSA) is 69.6 Å². The first-order valence-electron chi connectivity index (χ1n) is 6.81. The highest BCUT2D eigenvalue weighted by Crippen LogP contribution is 2.29. The molecular weight excluding hydrogens is 300 g/mol. The lowest BCUT2D eigenvalue weighted by atomic mass is 10.1. The van der Waals surface area contributed by atoms with Crippen molar-refractivity contribution in [3.8, 4) is 0 Å². The van der Waals surface area contributed by atoms with Crippen molar-refractivity contribution in [3.05, 3.63) is 47.9 Å². The smallest absolute Gasteiger partial charge is 0.246 e. The quantitative estimate of drug-likeness (QED) is 0.797. The zero-order valence-electron chi connectivity index (χ0n) is 12.3. The van der Waals surface area contributed by atoms with Crippen LogP contribution in [0.3, 0.4) is 0 Å². The van der Waals surface area contributed by atoms with Gasteiger partial charge in [-0.15, -0.1) is 11.3 Å². The van der Waals surface area contributed by atoms with Gasteiger partial charge in [0.1, 0.15) is 0 Å². The van der Waals surface area contributed by atoms with Gasteiger partial charge in [0.15, 0.2) is 0 Å². The van der Waals surface area contributed by atoms with Crippen LogP contribution in [0.2, 0.25) is 0 Å². The SMILES string of the molecule is C=CC(=O)N(C)CC(=O)NCC(O)c1csc2ccccc12. The van der Waals surface area contributed by atoms with Gasteiger partial charge in [-0.25, -0.2) is 0 Å². The van der Waals surface area contributed by atoms with Crippen LogP contribution in [-0.2, 0) is 9.59 Å². The molecule has 1 atom stereocenters. The number of likely N-dealkylation sites (N-methyl/N-ethyl adjacent to an activating group) is 1. The van der Waals surface area contributed by atoms with E-state index in [0.717, 1.165) is 21.7 Å². The average molecular weight is 318 g/mol. The largest absolute Gasteiger partial charge is 0.387 e. The highest BCUT2D eigenvalue weighted by Gasteiger charge is 2.15. The molecule has 22 heavy (non-hydrogen) atoms. The number of hydrogen-bond acceptors (Lipinski definition) is 4. The first-order chi connectivity index (χ1) is 10.5. The molecule has 6 heteroatoms. The van der Waals surface area contributed by atoms with Gasteiger partial charge >= 0.3 is 0 Å². The van der Waals surface area contributed by atoms with Crippen molar-refractivity contribution >= 4 is 33.2 Å². The van der Waals surface area contributed by atoms with Gasteiger partial charge in [-0.1, -0.05) is 24.8 Å². The Hall–Kier alpha value is -2.18. The van der Waals surface area contributed by atoms with Crippen molar-refractivity contribution in [3.63, 3.8) is 0 Å². The van der Waals surface area contributed by atoms with E-state index < -0.39 is 6.10 Å². The molecule has 1 aromatic heterocycles. The Morgan fingerprint density at radius 3 is 2.91 bits per heavy atom. The predicted octanol–water partition coefficient (Wildman–Crippen LogP) is 1.70. The fourth-order valence-electron chi connectivity index (χ4n) is 2.08. The Morgan fingerprint density at radius 2 is 2.18 bits per heavy atom. The summed E-state index contributed by atoms with van der Waals surface area (Å²) in [5, 5.41) is 15.8. The van der Waals surface area contributed by atoms with E-state index in [0.29, 0.717) is 0 Å². The van der Waals surface area contributed by atoms with E-state index in [-0.39, 0.29) is 24.9 Å². The molecule has 0 aliphatic carbocycles. The summed E-state index contributed by atoms with van der Waals surface area (Å²) in [4.78, 5) is 24.3. The molecule has 0 aliphatic heterocycles. The first-order valence-corrected chi connectivity index (χ1v) is 7.69. The summed E-state index contributed by atoms with van der Waals surface area (Å²) >= 11 is 1.56. The fourth-order valence-corrected chi connectivity index (χ4v) is 3.09. The minimum atomic E-state index is -0.777. The van der Waals surface area contributed by atoms with Crippen LogP contribution < -0.4 is 5.32 Å². The summed E-state index contributed by atoms with van der Waals surface area (Å²) < 4.78 is 1.10. The molecule has 2 N–H and O–H groups in total. The summed E-state index contributed by atoms with van der Waals surface area (Å²) in [6, 6.07) is 7.80. The number of amides is 2. The maximum atomic E-state index is 11.8. The second-order valence-corrected chi connectivity index (χ2v) is 5.82. The maximum Gasteiger partial charge on any atom is 0.246 e. The number of fused-ring (bicyclic) bond motifs is 1. The summed E-state index contributed by atoms with van der Waals surface area (Å²) in [6.07, 6.45) is 0.375. The van der Waals surface area contributed by atoms with Gasteiger partial charge in [0.2, 0.25) is 11.8 Å². The van der Waals surface area contributed by atoms with Crippen LogP contribution in [0, 0.1) is 0 Å². The lowest BCUT2D eigenvalue weighted by molar-refractivity contribution is -0.131. The summed E-state index contributed by atoms with van der Waals surface area (Å²) in [7, 11) is 1.52. The lowest BCUT2D eigenvalue weighted by Gasteiger charge is -2.16. The van der Waals surface area contributed by atoms with Gasteiger partial charge in [-0.05, 0) is 22.9 Å². The molecule has 2 rings (SSSR count). The molecule has 5 nitrogen and oxygen atoms in total. The standard InChI is InChI=1S/C16H18N2O3S/c1-3-16(21)18(2)9-15(20)17-8-13(19)12-10-22-14-7-5-4-6-11(12)14/h3-7,10,13,19H,1,8-9H2,2H3,(H,17,20).